The number of nitrogens with two attached hydrogens (primary N) is 1. The van der Waals surface area contributed by atoms with Gasteiger partial charge in [0.15, 0.2) is 5.82 Å². The predicted molar refractivity (Wildman–Crippen MR) is 57.8 cm³/mol. The smallest absolute Gasteiger partial charge is 0.296 e. The molecule has 0 unspecified atom stereocenters. The summed E-state index contributed by atoms with van der Waals surface area (Å²) >= 11 is 0. The molecule has 0 bridgehead atoms. The molecular formula is C9H19NO3P+. The van der Waals surface area contributed by atoms with Crippen LogP contribution < -0.4 is 5.73 Å². The molecule has 5 heteroatoms. The topological polar surface area (TPSA) is 75.7 Å². The van der Waals surface area contributed by atoms with E-state index in [0.717, 1.165) is 25.0 Å². The molecule has 82 valence electrons. The molecule has 1 heterocycles. The van der Waals surface area contributed by atoms with E-state index in [1.165, 1.54) is 5.82 Å². The quantitative estimate of drug-likeness (QED) is 0.622. The zero-order valence-electron chi connectivity index (χ0n) is 8.35. The normalized spacial score (nSPS) is 20.9. The molecule has 14 heavy (non-hydrogen) atoms. The Bertz CT molecular complexity index is 198. The van der Waals surface area contributed by atoms with Gasteiger partial charge in [-0.3, -0.25) is 0 Å². The van der Waals surface area contributed by atoms with Crippen molar-refractivity contribution in [3.8, 4) is 0 Å². The summed E-state index contributed by atoms with van der Waals surface area (Å²) < 4.78 is 5.33. The molecule has 0 aromatic carbocycles. The first kappa shape index (κ1) is 11.9. The monoisotopic (exact) mass is 220 g/mol. The summed E-state index contributed by atoms with van der Waals surface area (Å²) in [6, 6.07) is 0. The van der Waals surface area contributed by atoms with Crippen LogP contribution in [0.4, 0.5) is 0 Å². The van der Waals surface area contributed by atoms with Crippen molar-refractivity contribution in [3.63, 3.8) is 0 Å². The van der Waals surface area contributed by atoms with Crippen molar-refractivity contribution < 1.29 is 14.5 Å². The summed E-state index contributed by atoms with van der Waals surface area (Å²) in [5.41, 5.74) is 5.31. The first-order chi connectivity index (χ1) is 6.64. The molecule has 0 amide bonds. The summed E-state index contributed by atoms with van der Waals surface area (Å²) in [6.07, 6.45) is 3.97. The van der Waals surface area contributed by atoms with Crippen molar-refractivity contribution in [2.45, 2.75) is 25.7 Å². The Morgan fingerprint density at radius 3 is 2.79 bits per heavy atom. The van der Waals surface area contributed by atoms with E-state index in [4.69, 9.17) is 10.5 Å². The Balaban J connectivity index is 2.45. The fourth-order valence-electron chi connectivity index (χ4n) is 1.40. The van der Waals surface area contributed by atoms with Gasteiger partial charge in [-0.05, 0) is 25.8 Å². The van der Waals surface area contributed by atoms with E-state index >= 15 is 0 Å². The molecule has 1 rings (SSSR count). The Morgan fingerprint density at radius 2 is 2.21 bits per heavy atom. The molecule has 0 spiro atoms. The molecule has 4 nitrogen and oxygen atoms in total. The largest absolute Gasteiger partial charge is 0.494 e. The van der Waals surface area contributed by atoms with Crippen LogP contribution in [-0.2, 0) is 4.74 Å². The highest BCUT2D eigenvalue weighted by Crippen LogP contribution is 2.53. The first-order valence-electron chi connectivity index (χ1n) is 5.02. The molecule has 0 saturated carbocycles. The lowest BCUT2D eigenvalue weighted by Crippen LogP contribution is -2.07. The van der Waals surface area contributed by atoms with Crippen LogP contribution in [0.25, 0.3) is 0 Å². The third-order valence-electron chi connectivity index (χ3n) is 2.15. The maximum atomic E-state index is 9.65. The van der Waals surface area contributed by atoms with Gasteiger partial charge in [0.2, 0.25) is 0 Å². The minimum Gasteiger partial charge on any atom is -0.494 e. The lowest BCUT2D eigenvalue weighted by Gasteiger charge is -2.16. The van der Waals surface area contributed by atoms with Crippen LogP contribution in [0.3, 0.4) is 0 Å². The van der Waals surface area contributed by atoms with Crippen LogP contribution in [0, 0.1) is 0 Å². The number of ether oxygens (including phenoxy) is 1. The summed E-state index contributed by atoms with van der Waals surface area (Å²) in [7, 11) is -2.89. The zero-order valence-corrected chi connectivity index (χ0v) is 9.25. The van der Waals surface area contributed by atoms with Gasteiger partial charge in [-0.15, -0.1) is 0 Å². The third kappa shape index (κ3) is 4.38. The van der Waals surface area contributed by atoms with Gasteiger partial charge in [-0.2, -0.15) is 0 Å². The van der Waals surface area contributed by atoms with Crippen molar-refractivity contribution in [3.05, 3.63) is 11.6 Å². The second kappa shape index (κ2) is 5.66. The maximum Gasteiger partial charge on any atom is 0.296 e. The zero-order chi connectivity index (χ0) is 10.4. The Labute approximate surface area is 85.3 Å². The van der Waals surface area contributed by atoms with Gasteiger partial charge in [-0.25, -0.2) is 9.79 Å². The van der Waals surface area contributed by atoms with E-state index in [-0.39, 0.29) is 0 Å². The van der Waals surface area contributed by atoms with Crippen molar-refractivity contribution in [2.75, 3.05) is 19.3 Å². The van der Waals surface area contributed by atoms with Crippen molar-refractivity contribution in [1.82, 2.24) is 0 Å². The van der Waals surface area contributed by atoms with E-state index in [1.54, 1.807) is 0 Å². The minimum atomic E-state index is -2.89. The molecule has 1 saturated heterocycles. The van der Waals surface area contributed by atoms with Crippen LogP contribution in [0.1, 0.15) is 25.7 Å². The van der Waals surface area contributed by atoms with Crippen molar-refractivity contribution in [2.24, 2.45) is 5.73 Å². The van der Waals surface area contributed by atoms with Crippen LogP contribution >= 0.6 is 7.72 Å². The van der Waals surface area contributed by atoms with E-state index in [2.05, 4.69) is 0 Å². The highest BCUT2D eigenvalue weighted by Gasteiger charge is 2.31. The highest BCUT2D eigenvalue weighted by molar-refractivity contribution is 7.67. The minimum absolute atomic E-state index is 0.371. The van der Waals surface area contributed by atoms with Crippen LogP contribution in [0.15, 0.2) is 11.6 Å². The van der Waals surface area contributed by atoms with Gasteiger partial charge >= 0.3 is 0 Å². The summed E-state index contributed by atoms with van der Waals surface area (Å²) in [5.74, 6) is 2.26. The Hall–Kier alpha value is -0.150. The average Bonchev–Trinajstić information content (AvgIpc) is 2.16. The lowest BCUT2D eigenvalue weighted by atomic mass is 10.2. The van der Waals surface area contributed by atoms with Crippen LogP contribution in [0.2, 0.25) is 0 Å². The Kier molecular flexibility index (Phi) is 4.82. The number of hydrogen-bond donors (Lipinski definition) is 3. The Morgan fingerprint density at radius 1 is 1.43 bits per heavy atom. The number of hydrogen-bond acceptors (Lipinski definition) is 4. The maximum absolute atomic E-state index is 9.65. The van der Waals surface area contributed by atoms with Gasteiger partial charge in [-0.1, -0.05) is 0 Å². The van der Waals surface area contributed by atoms with Crippen molar-refractivity contribution >= 4 is 7.72 Å². The lowest BCUT2D eigenvalue weighted by molar-refractivity contribution is 0.166. The standard InChI is InChI=1S/C9H19NO3P/c10-5-3-7-14(11,12)8-9-4-1-2-6-13-9/h8,11-12H,1-7,10H2/q+1/b9-8+. The molecule has 1 fully saturated rings. The number of rotatable bonds is 4. The first-order valence-corrected chi connectivity index (χ1v) is 6.97. The third-order valence-corrected chi connectivity index (χ3v) is 3.82. The summed E-state index contributed by atoms with van der Waals surface area (Å²) in [6.45, 7) is 1.19. The molecule has 0 atom stereocenters. The SMILES string of the molecule is NCCC[P+](O)(O)/C=C1\CCCCO1. The second-order valence-corrected chi connectivity index (χ2v) is 5.83. The van der Waals surface area contributed by atoms with Crippen molar-refractivity contribution in [1.29, 1.82) is 0 Å². The molecular weight excluding hydrogens is 201 g/mol. The van der Waals surface area contributed by atoms with Crippen LogP contribution in [0.5, 0.6) is 0 Å². The predicted octanol–water partition coefficient (Wildman–Crippen LogP) is 1.21. The van der Waals surface area contributed by atoms with Gasteiger partial charge in [0.25, 0.3) is 7.72 Å². The highest BCUT2D eigenvalue weighted by atomic mass is 31.2. The van der Waals surface area contributed by atoms with E-state index in [0.29, 0.717) is 25.7 Å². The number of allylic oxidation sites excluding steroid dienone is 1. The summed E-state index contributed by atoms with van der Waals surface area (Å²) in [4.78, 5) is 19.3. The molecule has 0 radical (unpaired) electrons. The molecule has 4 N–H and O–H groups in total. The van der Waals surface area contributed by atoms with Gasteiger partial charge in [0, 0.05) is 6.42 Å². The van der Waals surface area contributed by atoms with Crippen LogP contribution in [-0.4, -0.2) is 29.1 Å². The van der Waals surface area contributed by atoms with Gasteiger partial charge in [0.05, 0.1) is 6.61 Å². The molecule has 0 aromatic heterocycles. The fourth-order valence-corrected chi connectivity index (χ4v) is 2.84. The van der Waals surface area contributed by atoms with E-state index < -0.39 is 7.72 Å². The van der Waals surface area contributed by atoms with Gasteiger partial charge in [0.1, 0.15) is 11.9 Å². The van der Waals surface area contributed by atoms with E-state index in [1.807, 2.05) is 0 Å². The van der Waals surface area contributed by atoms with Gasteiger partial charge < -0.3 is 10.5 Å². The molecule has 1 aliphatic heterocycles. The fraction of sp³-hybridized carbons (Fsp3) is 0.778. The van der Waals surface area contributed by atoms with E-state index in [9.17, 15) is 9.79 Å². The second-order valence-electron chi connectivity index (χ2n) is 3.55. The molecule has 0 aliphatic carbocycles. The molecule has 0 aromatic rings. The molecule has 1 aliphatic rings. The average molecular weight is 220 g/mol. The summed E-state index contributed by atoms with van der Waals surface area (Å²) in [5, 5.41) is 0.